The monoisotopic (exact) mass is 561 g/mol. The maximum absolute atomic E-state index is 13.5. The second kappa shape index (κ2) is 12.4. The summed E-state index contributed by atoms with van der Waals surface area (Å²) < 4.78 is 30.6. The molecule has 2 aliphatic heterocycles. The molecule has 3 aromatic carbocycles. The van der Waals surface area contributed by atoms with Crippen LogP contribution in [0.5, 0.6) is 11.5 Å². The molecule has 2 heterocycles. The number of benzene rings is 3. The molecule has 0 spiro atoms. The van der Waals surface area contributed by atoms with Crippen molar-refractivity contribution in [1.82, 2.24) is 10.2 Å². The number of rotatable bonds is 7. The second-order valence-electron chi connectivity index (χ2n) is 10.2. The molecule has 214 valence electrons. The normalized spacial score (nSPS) is 20.0. The Labute approximate surface area is 237 Å². The lowest BCUT2D eigenvalue weighted by Crippen LogP contribution is -2.53. The van der Waals surface area contributed by atoms with Crippen molar-refractivity contribution in [3.05, 3.63) is 89.2 Å². The minimum absolute atomic E-state index is 0.164. The van der Waals surface area contributed by atoms with Gasteiger partial charge < -0.3 is 29.7 Å². The molecule has 3 amide bonds. The van der Waals surface area contributed by atoms with Gasteiger partial charge in [-0.25, -0.2) is 4.39 Å². The Kier molecular flexibility index (Phi) is 8.49. The van der Waals surface area contributed by atoms with Gasteiger partial charge in [-0.15, -0.1) is 0 Å². The molecule has 3 aromatic rings. The molecule has 0 saturated carbocycles. The number of hydrogen-bond donors (Lipinski definition) is 2. The van der Waals surface area contributed by atoms with E-state index in [1.54, 1.807) is 66.5 Å². The minimum Gasteiger partial charge on any atom is -0.497 e. The lowest BCUT2D eigenvalue weighted by atomic mass is 9.94. The van der Waals surface area contributed by atoms with E-state index in [0.717, 1.165) is 5.56 Å². The fourth-order valence-electron chi connectivity index (χ4n) is 5.15. The van der Waals surface area contributed by atoms with Gasteiger partial charge in [0.15, 0.2) is 0 Å². The molecule has 0 unspecified atom stereocenters. The Bertz CT molecular complexity index is 1430. The van der Waals surface area contributed by atoms with E-state index in [1.807, 2.05) is 0 Å². The van der Waals surface area contributed by atoms with E-state index in [9.17, 15) is 18.8 Å². The first-order valence-electron chi connectivity index (χ1n) is 13.5. The number of hydrogen-bond acceptors (Lipinski definition) is 6. The van der Waals surface area contributed by atoms with Crippen LogP contribution in [0, 0.1) is 5.82 Å². The third kappa shape index (κ3) is 6.66. The Hall–Kier alpha value is -4.44. The van der Waals surface area contributed by atoms with Gasteiger partial charge in [0.25, 0.3) is 11.8 Å². The molecule has 2 N–H and O–H groups in total. The highest BCUT2D eigenvalue weighted by Gasteiger charge is 2.39. The number of anilines is 1. The first kappa shape index (κ1) is 28.1. The van der Waals surface area contributed by atoms with Gasteiger partial charge in [-0.3, -0.25) is 14.4 Å². The highest BCUT2D eigenvalue weighted by atomic mass is 19.1. The number of fused-ring (bicyclic) bond motifs is 2. The molecule has 5 rings (SSSR count). The number of amides is 3. The quantitative estimate of drug-likeness (QED) is 0.449. The molecular weight excluding hydrogens is 529 g/mol. The molecule has 0 aromatic heterocycles. The van der Waals surface area contributed by atoms with Crippen LogP contribution in [0.4, 0.5) is 10.1 Å². The summed E-state index contributed by atoms with van der Waals surface area (Å²) in [6.07, 6.45) is 0.701. The lowest BCUT2D eigenvalue weighted by Gasteiger charge is -2.42. The molecule has 2 aliphatic rings. The van der Waals surface area contributed by atoms with Crippen molar-refractivity contribution >= 4 is 23.4 Å². The number of methoxy groups -OCH3 is 1. The van der Waals surface area contributed by atoms with E-state index in [1.165, 1.54) is 19.2 Å². The summed E-state index contributed by atoms with van der Waals surface area (Å²) in [7, 11) is 3.26. The third-order valence-corrected chi connectivity index (χ3v) is 7.42. The zero-order valence-corrected chi connectivity index (χ0v) is 22.9. The van der Waals surface area contributed by atoms with E-state index in [4.69, 9.17) is 14.2 Å². The van der Waals surface area contributed by atoms with E-state index in [-0.39, 0.29) is 48.7 Å². The van der Waals surface area contributed by atoms with Gasteiger partial charge in [0.2, 0.25) is 5.91 Å². The van der Waals surface area contributed by atoms with Crippen LogP contribution >= 0.6 is 0 Å². The van der Waals surface area contributed by atoms with Crippen molar-refractivity contribution in [1.29, 1.82) is 0 Å². The molecule has 1 fully saturated rings. The van der Waals surface area contributed by atoms with Crippen molar-refractivity contribution < 1.29 is 33.0 Å². The van der Waals surface area contributed by atoms with Gasteiger partial charge in [-0.1, -0.05) is 18.2 Å². The van der Waals surface area contributed by atoms with Crippen LogP contribution in [0.2, 0.25) is 0 Å². The summed E-state index contributed by atoms with van der Waals surface area (Å²) >= 11 is 0. The number of ether oxygens (including phenoxy) is 3. The number of carbonyl (C=O) groups excluding carboxylic acids is 3. The van der Waals surface area contributed by atoms with Crippen LogP contribution in [0.3, 0.4) is 0 Å². The van der Waals surface area contributed by atoms with Gasteiger partial charge in [-0.2, -0.15) is 0 Å². The van der Waals surface area contributed by atoms with Crippen LogP contribution in [0.25, 0.3) is 0 Å². The fourth-order valence-corrected chi connectivity index (χ4v) is 5.15. The lowest BCUT2D eigenvalue weighted by molar-refractivity contribution is -0.134. The topological polar surface area (TPSA) is 106 Å². The fraction of sp³-hybridized carbons (Fsp3) is 0.323. The van der Waals surface area contributed by atoms with Crippen LogP contribution in [-0.4, -0.2) is 61.6 Å². The average molecular weight is 562 g/mol. The number of nitrogens with one attached hydrogen (secondary N) is 2. The standard InChI is InChI=1S/C31H32FN3O6/c1-35-26-12-11-24(16-29(36)33-17-19-6-8-21(32)9-7-19)41-28(26)18-40-27-13-10-22(15-25(27)31(35)38)34-30(37)20-4-3-5-23(14-20)39-2/h3-10,13-15,24,26,28H,11-12,16-18H2,1-2H3,(H,33,36)(H,34,37)/t24-,26-,28+/m1/s1. The van der Waals surface area contributed by atoms with Crippen molar-refractivity contribution in [3.8, 4) is 11.5 Å². The molecule has 1 saturated heterocycles. The number of nitrogens with zero attached hydrogens (tertiary/aromatic N) is 1. The smallest absolute Gasteiger partial charge is 0.257 e. The predicted octanol–water partition coefficient (Wildman–Crippen LogP) is 4.17. The summed E-state index contributed by atoms with van der Waals surface area (Å²) in [5.74, 6) is -0.103. The van der Waals surface area contributed by atoms with Crippen LogP contribution in [0.15, 0.2) is 66.7 Å². The Morgan fingerprint density at radius 1 is 1.07 bits per heavy atom. The van der Waals surface area contributed by atoms with E-state index < -0.39 is 6.10 Å². The van der Waals surface area contributed by atoms with Gasteiger partial charge in [0, 0.05) is 24.8 Å². The second-order valence-corrected chi connectivity index (χ2v) is 10.2. The third-order valence-electron chi connectivity index (χ3n) is 7.42. The zero-order valence-electron chi connectivity index (χ0n) is 22.9. The van der Waals surface area contributed by atoms with Crippen molar-refractivity contribution in [2.24, 2.45) is 0 Å². The Morgan fingerprint density at radius 3 is 2.66 bits per heavy atom. The molecule has 41 heavy (non-hydrogen) atoms. The maximum atomic E-state index is 13.5. The molecule has 0 radical (unpaired) electrons. The first-order chi connectivity index (χ1) is 19.8. The SMILES string of the molecule is COc1cccc(C(=O)Nc2ccc3c(c2)C(=O)N(C)[C@@H]2CC[C@H](CC(=O)NCc4ccc(F)cc4)O[C@H]2CO3)c1. The van der Waals surface area contributed by atoms with Crippen molar-refractivity contribution in [2.45, 2.75) is 44.1 Å². The summed E-state index contributed by atoms with van der Waals surface area (Å²) in [6, 6.07) is 17.5. The number of carbonyl (C=O) groups is 3. The van der Waals surface area contributed by atoms with Crippen molar-refractivity contribution in [3.63, 3.8) is 0 Å². The number of likely N-dealkylation sites (N-methyl/N-ethyl adjacent to an activating group) is 1. The maximum Gasteiger partial charge on any atom is 0.257 e. The Balaban J connectivity index is 1.21. The zero-order chi connectivity index (χ0) is 28.9. The Morgan fingerprint density at radius 2 is 1.88 bits per heavy atom. The first-order valence-corrected chi connectivity index (χ1v) is 13.5. The van der Waals surface area contributed by atoms with Crippen molar-refractivity contribution in [2.75, 3.05) is 26.1 Å². The summed E-state index contributed by atoms with van der Waals surface area (Å²) in [5, 5.41) is 5.68. The van der Waals surface area contributed by atoms with Gasteiger partial charge in [-0.05, 0) is 66.9 Å². The van der Waals surface area contributed by atoms with Gasteiger partial charge in [0.1, 0.15) is 30.0 Å². The minimum atomic E-state index is -0.409. The molecule has 0 aliphatic carbocycles. The van der Waals surface area contributed by atoms with Crippen LogP contribution < -0.4 is 20.1 Å². The number of halogens is 1. The van der Waals surface area contributed by atoms with Gasteiger partial charge in [0.05, 0.1) is 31.2 Å². The highest BCUT2D eigenvalue weighted by Crippen LogP contribution is 2.32. The molecule has 3 atom stereocenters. The predicted molar refractivity (Wildman–Crippen MR) is 150 cm³/mol. The summed E-state index contributed by atoms with van der Waals surface area (Å²) in [6.45, 7) is 0.509. The summed E-state index contributed by atoms with van der Waals surface area (Å²) in [4.78, 5) is 40.5. The average Bonchev–Trinajstić information content (AvgIpc) is 2.99. The van der Waals surface area contributed by atoms with Gasteiger partial charge >= 0.3 is 0 Å². The van der Waals surface area contributed by atoms with E-state index >= 15 is 0 Å². The molecule has 10 heteroatoms. The van der Waals surface area contributed by atoms with Crippen LogP contribution in [0.1, 0.15) is 45.5 Å². The van der Waals surface area contributed by atoms with E-state index in [2.05, 4.69) is 10.6 Å². The van der Waals surface area contributed by atoms with E-state index in [0.29, 0.717) is 47.7 Å². The molecular formula is C31H32FN3O6. The molecule has 9 nitrogen and oxygen atoms in total. The highest BCUT2D eigenvalue weighted by molar-refractivity contribution is 6.05. The molecule has 0 bridgehead atoms. The summed E-state index contributed by atoms with van der Waals surface area (Å²) in [5.41, 5.74) is 2.04. The van der Waals surface area contributed by atoms with Crippen LogP contribution in [-0.2, 0) is 16.1 Å². The largest absolute Gasteiger partial charge is 0.497 e.